The van der Waals surface area contributed by atoms with E-state index in [1.54, 1.807) is 6.20 Å². The molecule has 0 spiro atoms. The van der Waals surface area contributed by atoms with Crippen molar-refractivity contribution >= 4 is 17.5 Å². The van der Waals surface area contributed by atoms with Gasteiger partial charge in [-0.05, 0) is 18.4 Å². The van der Waals surface area contributed by atoms with Crippen LogP contribution in [-0.4, -0.2) is 38.8 Å². The van der Waals surface area contributed by atoms with Crippen LogP contribution < -0.4 is 0 Å². The summed E-state index contributed by atoms with van der Waals surface area (Å²) in [5.74, 6) is -0.00157. The van der Waals surface area contributed by atoms with E-state index < -0.39 is 6.10 Å². The number of carbonyl (C=O) groups is 1. The topological polar surface area (TPSA) is 58.4 Å². The molecular weight excluding hydrogens is 314 g/mol. The summed E-state index contributed by atoms with van der Waals surface area (Å²) in [4.78, 5) is 14.2. The van der Waals surface area contributed by atoms with Gasteiger partial charge in [0.2, 0.25) is 5.91 Å². The number of rotatable bonds is 4. The van der Waals surface area contributed by atoms with Crippen LogP contribution >= 0.6 is 11.6 Å². The second-order valence-corrected chi connectivity index (χ2v) is 6.32. The number of likely N-dealkylation sites (tertiary alicyclic amines) is 1. The summed E-state index contributed by atoms with van der Waals surface area (Å²) in [6.07, 6.45) is 4.54. The van der Waals surface area contributed by atoms with Crippen LogP contribution in [0.25, 0.3) is 0 Å². The van der Waals surface area contributed by atoms with Gasteiger partial charge in [0.25, 0.3) is 0 Å². The Bertz CT molecular complexity index is 651. The molecule has 1 aliphatic rings. The molecule has 0 bridgehead atoms. The SMILES string of the molecule is O=C(CC(O)c1ccccc1)N1CCC(n2cc(Cl)cn2)CC1. The van der Waals surface area contributed by atoms with Gasteiger partial charge in [0.05, 0.1) is 29.8 Å². The zero-order chi connectivity index (χ0) is 16.2. The molecule has 1 atom stereocenters. The number of aliphatic hydroxyl groups excluding tert-OH is 1. The highest BCUT2D eigenvalue weighted by Crippen LogP contribution is 2.25. The van der Waals surface area contributed by atoms with E-state index in [0.29, 0.717) is 18.1 Å². The molecule has 1 aromatic heterocycles. The van der Waals surface area contributed by atoms with Crippen LogP contribution in [0.2, 0.25) is 5.02 Å². The van der Waals surface area contributed by atoms with Crippen molar-refractivity contribution in [2.24, 2.45) is 0 Å². The first-order valence-corrected chi connectivity index (χ1v) is 8.21. The van der Waals surface area contributed by atoms with Gasteiger partial charge in [0.15, 0.2) is 0 Å². The molecule has 1 saturated heterocycles. The molecule has 1 unspecified atom stereocenters. The van der Waals surface area contributed by atoms with Gasteiger partial charge in [0.1, 0.15) is 0 Å². The summed E-state index contributed by atoms with van der Waals surface area (Å²) < 4.78 is 1.88. The lowest BCUT2D eigenvalue weighted by Crippen LogP contribution is -2.39. The monoisotopic (exact) mass is 333 g/mol. The van der Waals surface area contributed by atoms with Crippen molar-refractivity contribution in [3.63, 3.8) is 0 Å². The van der Waals surface area contributed by atoms with E-state index in [1.165, 1.54) is 0 Å². The predicted octanol–water partition coefficient (Wildman–Crippen LogP) is 2.82. The van der Waals surface area contributed by atoms with Crippen LogP contribution in [-0.2, 0) is 4.79 Å². The third kappa shape index (κ3) is 3.92. The van der Waals surface area contributed by atoms with Gasteiger partial charge in [-0.25, -0.2) is 0 Å². The normalized spacial score (nSPS) is 17.2. The minimum Gasteiger partial charge on any atom is -0.388 e. The average molecular weight is 334 g/mol. The Kier molecular flexibility index (Phi) is 4.98. The maximum Gasteiger partial charge on any atom is 0.225 e. The number of nitrogens with zero attached hydrogens (tertiary/aromatic N) is 3. The van der Waals surface area contributed by atoms with E-state index in [-0.39, 0.29) is 18.4 Å². The van der Waals surface area contributed by atoms with Gasteiger partial charge in [-0.3, -0.25) is 9.48 Å². The third-order valence-electron chi connectivity index (χ3n) is 4.31. The van der Waals surface area contributed by atoms with E-state index >= 15 is 0 Å². The van der Waals surface area contributed by atoms with Crippen molar-refractivity contribution in [3.8, 4) is 0 Å². The highest BCUT2D eigenvalue weighted by atomic mass is 35.5. The molecule has 122 valence electrons. The number of benzene rings is 1. The van der Waals surface area contributed by atoms with Gasteiger partial charge in [0, 0.05) is 19.3 Å². The molecule has 23 heavy (non-hydrogen) atoms. The Morgan fingerprint density at radius 2 is 2.00 bits per heavy atom. The van der Waals surface area contributed by atoms with Crippen LogP contribution in [0.4, 0.5) is 0 Å². The Hall–Kier alpha value is -1.85. The van der Waals surface area contributed by atoms with Gasteiger partial charge in [-0.1, -0.05) is 41.9 Å². The molecule has 3 rings (SSSR count). The lowest BCUT2D eigenvalue weighted by Gasteiger charge is -2.32. The number of hydrogen-bond acceptors (Lipinski definition) is 3. The van der Waals surface area contributed by atoms with Crippen molar-refractivity contribution in [2.45, 2.75) is 31.4 Å². The molecule has 0 saturated carbocycles. The lowest BCUT2D eigenvalue weighted by molar-refractivity contribution is -0.134. The zero-order valence-electron chi connectivity index (χ0n) is 12.8. The Morgan fingerprint density at radius 3 is 2.61 bits per heavy atom. The lowest BCUT2D eigenvalue weighted by atomic mass is 10.0. The van der Waals surface area contributed by atoms with Gasteiger partial charge in [-0.15, -0.1) is 0 Å². The summed E-state index contributed by atoms with van der Waals surface area (Å²) in [5.41, 5.74) is 0.780. The van der Waals surface area contributed by atoms with Crippen LogP contribution in [0.1, 0.15) is 37.0 Å². The van der Waals surface area contributed by atoms with Crippen LogP contribution in [0.5, 0.6) is 0 Å². The molecule has 5 nitrogen and oxygen atoms in total. The average Bonchev–Trinajstić information content (AvgIpc) is 3.02. The standard InChI is InChI=1S/C17H20ClN3O2/c18-14-11-19-21(12-14)15-6-8-20(9-7-15)17(23)10-16(22)13-4-2-1-3-5-13/h1-5,11-12,15-16,22H,6-10H2. The quantitative estimate of drug-likeness (QED) is 0.936. The number of hydrogen-bond donors (Lipinski definition) is 1. The number of amides is 1. The fraction of sp³-hybridized carbons (Fsp3) is 0.412. The fourth-order valence-corrected chi connectivity index (χ4v) is 3.13. The first-order chi connectivity index (χ1) is 11.1. The molecule has 2 heterocycles. The molecule has 2 aromatic rings. The van der Waals surface area contributed by atoms with E-state index in [0.717, 1.165) is 18.4 Å². The fourth-order valence-electron chi connectivity index (χ4n) is 2.98. The number of halogens is 1. The van der Waals surface area contributed by atoms with Crippen molar-refractivity contribution < 1.29 is 9.90 Å². The molecule has 0 aliphatic carbocycles. The van der Waals surface area contributed by atoms with Crippen LogP contribution in [0.3, 0.4) is 0 Å². The minimum absolute atomic E-state index is 0.00157. The second-order valence-electron chi connectivity index (χ2n) is 5.88. The number of piperidine rings is 1. The van der Waals surface area contributed by atoms with Gasteiger partial charge < -0.3 is 10.0 Å². The summed E-state index contributed by atoms with van der Waals surface area (Å²) in [6.45, 7) is 1.37. The van der Waals surface area contributed by atoms with Crippen molar-refractivity contribution in [3.05, 3.63) is 53.3 Å². The van der Waals surface area contributed by atoms with Gasteiger partial charge in [-0.2, -0.15) is 5.10 Å². The van der Waals surface area contributed by atoms with E-state index in [1.807, 2.05) is 46.1 Å². The Balaban J connectivity index is 1.52. The molecule has 1 fully saturated rings. The molecule has 6 heteroatoms. The number of aliphatic hydroxyl groups is 1. The van der Waals surface area contributed by atoms with Crippen molar-refractivity contribution in [1.29, 1.82) is 0 Å². The summed E-state index contributed by atoms with van der Waals surface area (Å²) >= 11 is 5.90. The highest BCUT2D eigenvalue weighted by Gasteiger charge is 2.25. The first-order valence-electron chi connectivity index (χ1n) is 7.84. The third-order valence-corrected chi connectivity index (χ3v) is 4.51. The maximum absolute atomic E-state index is 12.4. The first kappa shape index (κ1) is 16.0. The number of carbonyl (C=O) groups excluding carboxylic acids is 1. The van der Waals surface area contributed by atoms with Crippen LogP contribution in [0.15, 0.2) is 42.7 Å². The molecule has 1 aromatic carbocycles. The zero-order valence-corrected chi connectivity index (χ0v) is 13.6. The second kappa shape index (κ2) is 7.15. The Labute approximate surface area is 140 Å². The molecule has 1 N–H and O–H groups in total. The molecule has 0 radical (unpaired) electrons. The highest BCUT2D eigenvalue weighted by molar-refractivity contribution is 6.30. The summed E-state index contributed by atoms with van der Waals surface area (Å²) in [5, 5.41) is 15.1. The van der Waals surface area contributed by atoms with Crippen LogP contribution in [0, 0.1) is 0 Å². The van der Waals surface area contributed by atoms with Crippen molar-refractivity contribution in [1.82, 2.24) is 14.7 Å². The Morgan fingerprint density at radius 1 is 1.30 bits per heavy atom. The van der Waals surface area contributed by atoms with E-state index in [4.69, 9.17) is 11.6 Å². The molecule has 1 aliphatic heterocycles. The molecule has 1 amide bonds. The van der Waals surface area contributed by atoms with E-state index in [9.17, 15) is 9.90 Å². The predicted molar refractivity (Wildman–Crippen MR) is 88.1 cm³/mol. The largest absolute Gasteiger partial charge is 0.388 e. The van der Waals surface area contributed by atoms with Gasteiger partial charge >= 0.3 is 0 Å². The smallest absolute Gasteiger partial charge is 0.225 e. The molecular formula is C17H20ClN3O2. The van der Waals surface area contributed by atoms with Crippen molar-refractivity contribution in [2.75, 3.05) is 13.1 Å². The van der Waals surface area contributed by atoms with E-state index in [2.05, 4.69) is 5.10 Å². The number of aromatic nitrogens is 2. The minimum atomic E-state index is -0.744. The summed E-state index contributed by atoms with van der Waals surface area (Å²) in [6, 6.07) is 9.58. The maximum atomic E-state index is 12.4. The summed E-state index contributed by atoms with van der Waals surface area (Å²) in [7, 11) is 0.